The van der Waals surface area contributed by atoms with Crippen LogP contribution < -0.4 is 51.8 Å². The number of hydrogen-bond acceptors (Lipinski definition) is 14. The van der Waals surface area contributed by atoms with E-state index in [-0.39, 0.29) is 91.0 Å². The molecule has 0 saturated heterocycles. The van der Waals surface area contributed by atoms with Gasteiger partial charge in [-0.2, -0.15) is 10.2 Å². The number of carbonyl (C=O) groups excluding carboxylic acids is 7. The van der Waals surface area contributed by atoms with Crippen LogP contribution in [0.4, 0.5) is 24.5 Å². The quantitative estimate of drug-likeness (QED) is 0.0766. The summed E-state index contributed by atoms with van der Waals surface area (Å²) in [4.78, 5) is 94.3. The number of amides is 7. The van der Waals surface area contributed by atoms with Gasteiger partial charge in [0.15, 0.2) is 36.1 Å². The monoisotopic (exact) mass is 1050 g/mol. The van der Waals surface area contributed by atoms with Crippen molar-refractivity contribution in [3.8, 4) is 17.2 Å². The van der Waals surface area contributed by atoms with Crippen molar-refractivity contribution < 1.29 is 60.9 Å². The highest BCUT2D eigenvalue weighted by Gasteiger charge is 2.24. The topological polar surface area (TPSA) is 306 Å². The Morgan fingerprint density at radius 2 is 1.09 bits per heavy atom. The third-order valence-electron chi connectivity index (χ3n) is 11.4. The zero-order valence-corrected chi connectivity index (χ0v) is 40.2. The third kappa shape index (κ3) is 12.0. The van der Waals surface area contributed by atoms with Crippen molar-refractivity contribution in [2.24, 2.45) is 5.73 Å². The molecule has 2 aliphatic heterocycles. The molecule has 0 spiro atoms. The predicted molar refractivity (Wildman–Crippen MR) is 264 cm³/mol. The lowest BCUT2D eigenvalue weighted by molar-refractivity contribution is -0.119. The number of halogens is 3. The molecule has 0 radical (unpaired) electrons. The first-order chi connectivity index (χ1) is 37.1. The maximum atomic E-state index is 14.4. The van der Waals surface area contributed by atoms with Gasteiger partial charge in [0.05, 0.1) is 23.8 Å². The lowest BCUT2D eigenvalue weighted by Crippen LogP contribution is -2.29. The number of alkyl halides is 1. The Labute approximate surface area is 432 Å². The molecule has 4 aromatic heterocycles. The van der Waals surface area contributed by atoms with Crippen molar-refractivity contribution in [2.45, 2.75) is 39.5 Å². The molecule has 392 valence electrons. The largest absolute Gasteiger partial charge is 0.482 e. The van der Waals surface area contributed by atoms with Gasteiger partial charge in [-0.3, -0.25) is 33.6 Å². The number of rotatable bonds is 15. The average Bonchev–Trinajstić information content (AvgIpc) is 4.02. The summed E-state index contributed by atoms with van der Waals surface area (Å²) in [6.07, 6.45) is 0.228. The van der Waals surface area contributed by atoms with Crippen LogP contribution in [0.25, 0.3) is 11.3 Å². The molecule has 1 unspecified atom stereocenters. The van der Waals surface area contributed by atoms with Gasteiger partial charge in [0.2, 0.25) is 12.3 Å². The van der Waals surface area contributed by atoms with Crippen molar-refractivity contribution in [1.29, 1.82) is 0 Å². The number of anilines is 2. The van der Waals surface area contributed by atoms with Gasteiger partial charge in [-0.05, 0) is 59.2 Å². The molecule has 8 aromatic rings. The number of primary amides is 1. The molecule has 26 heteroatoms. The van der Waals surface area contributed by atoms with Gasteiger partial charge in [-0.15, -0.1) is 0 Å². The van der Waals surface area contributed by atoms with Crippen LogP contribution in [0.3, 0.4) is 0 Å². The lowest BCUT2D eigenvalue weighted by Gasteiger charge is -2.18. The number of nitrogens with zero attached hydrogens (tertiary/aromatic N) is 6. The maximum absolute atomic E-state index is 14.4. The average molecular weight is 1050 g/mol. The van der Waals surface area contributed by atoms with Crippen LogP contribution in [0, 0.1) is 11.6 Å². The molecular formula is C51H42F3N13O10. The van der Waals surface area contributed by atoms with Crippen LogP contribution in [-0.2, 0) is 35.8 Å². The van der Waals surface area contributed by atoms with Gasteiger partial charge in [0, 0.05) is 56.4 Å². The fraction of sp³-hybridized carbons (Fsp3) is 0.157. The number of benzene rings is 4. The second-order valence-corrected chi connectivity index (χ2v) is 16.9. The van der Waals surface area contributed by atoms with E-state index in [1.54, 1.807) is 72.8 Å². The number of aromatic nitrogens is 6. The van der Waals surface area contributed by atoms with Crippen molar-refractivity contribution in [2.75, 3.05) is 23.8 Å². The Hall–Kier alpha value is -10.4. The van der Waals surface area contributed by atoms with E-state index >= 15 is 0 Å². The summed E-state index contributed by atoms with van der Waals surface area (Å²) in [5.74, 6) is -4.10. The van der Waals surface area contributed by atoms with Gasteiger partial charge in [0.25, 0.3) is 35.4 Å². The van der Waals surface area contributed by atoms with Gasteiger partial charge in [-0.1, -0.05) is 42.5 Å². The highest BCUT2D eigenvalue weighted by Crippen LogP contribution is 2.30. The Bertz CT molecular complexity index is 3660. The smallest absolute Gasteiger partial charge is 0.270 e. The summed E-state index contributed by atoms with van der Waals surface area (Å²) in [6.45, 7) is 1.28. The van der Waals surface area contributed by atoms with E-state index in [0.29, 0.717) is 50.7 Å². The highest BCUT2D eigenvalue weighted by atomic mass is 19.1. The molecule has 8 N–H and O–H groups in total. The minimum atomic E-state index is -1.55. The number of para-hydroxylation sites is 1. The molecular weight excluding hydrogens is 1010 g/mol. The summed E-state index contributed by atoms with van der Waals surface area (Å²) in [5, 5.41) is 23.8. The Balaban J connectivity index is 0.000000188. The van der Waals surface area contributed by atoms with E-state index in [1.165, 1.54) is 31.2 Å². The number of nitrogens with two attached hydrogens (primary N) is 1. The third-order valence-corrected chi connectivity index (χ3v) is 11.4. The van der Waals surface area contributed by atoms with Crippen molar-refractivity contribution >= 4 is 64.0 Å². The van der Waals surface area contributed by atoms with Gasteiger partial charge < -0.3 is 51.8 Å². The zero-order valence-electron chi connectivity index (χ0n) is 40.2. The summed E-state index contributed by atoms with van der Waals surface area (Å²) >= 11 is 0. The molecule has 7 amide bonds. The minimum Gasteiger partial charge on any atom is -0.482 e. The van der Waals surface area contributed by atoms with Crippen LogP contribution in [0.2, 0.25) is 0 Å². The number of fused-ring (bicyclic) bond motifs is 4. The van der Waals surface area contributed by atoms with Crippen molar-refractivity contribution in [3.63, 3.8) is 0 Å². The zero-order chi connectivity index (χ0) is 54.3. The summed E-state index contributed by atoms with van der Waals surface area (Å²) in [7, 11) is 0. The molecule has 0 bridgehead atoms. The van der Waals surface area contributed by atoms with Crippen LogP contribution in [-0.4, -0.2) is 90.1 Å². The fourth-order valence-corrected chi connectivity index (χ4v) is 7.72. The van der Waals surface area contributed by atoms with Gasteiger partial charge in [-0.25, -0.2) is 32.2 Å². The molecule has 0 fully saturated rings. The van der Waals surface area contributed by atoms with E-state index in [1.807, 2.05) is 0 Å². The number of carbonyl (C=O) groups is 7. The standard InChI is InChI=1S/C26H22F2N6O5.C25H20FN7O5/c1-14(27)39-21-5-3-2-4-16(21)11-30-26(37)20-9-19(33-24-17(28)12-31-34(20)24)25(36)29-10-15-6-7-22-18(8-15)32-23(35)13-38-22;26-16-11-30-33-19(25(37)29-9-13-1-4-15(5-2-13)22(27)35)8-18(32-23(16)33)24(36)28-10-14-3-6-20-17(7-14)31-21(34)12-38-20/h2-9,12,14H,10-11,13H2,1H3,(H,29,36)(H,30,37)(H,32,35);1-8,11H,9-10,12H2,(H2,27,35)(H,28,36)(H,29,37)(H,31,34). The van der Waals surface area contributed by atoms with Crippen molar-refractivity contribution in [1.82, 2.24) is 50.5 Å². The summed E-state index contributed by atoms with van der Waals surface area (Å²) in [6, 6.07) is 25.4. The SMILES string of the molecule is CC(F)Oc1ccccc1CNC(=O)c1cc(C(=O)NCc2ccc3c(c2)NC(=O)CO3)nc2c(F)cnn12.NC(=O)c1ccc(CNC(=O)c2cc(C(=O)NCc3ccc4c(c3)NC(=O)CO4)nc3c(F)cnn23)cc1. The summed E-state index contributed by atoms with van der Waals surface area (Å²) in [5.41, 5.74) is 7.80. The second-order valence-electron chi connectivity index (χ2n) is 16.9. The number of nitrogens with one attached hydrogen (secondary N) is 6. The molecule has 10 rings (SSSR count). The first kappa shape index (κ1) is 51.5. The van der Waals surface area contributed by atoms with E-state index in [4.69, 9.17) is 19.9 Å². The Morgan fingerprint density at radius 3 is 1.58 bits per heavy atom. The van der Waals surface area contributed by atoms with E-state index in [0.717, 1.165) is 21.4 Å². The molecule has 4 aromatic carbocycles. The molecule has 0 saturated carbocycles. The minimum absolute atomic E-state index is 0.0323. The second kappa shape index (κ2) is 22.4. The van der Waals surface area contributed by atoms with E-state index in [2.05, 4.69) is 52.1 Å². The first-order valence-corrected chi connectivity index (χ1v) is 23.2. The van der Waals surface area contributed by atoms with Crippen LogP contribution in [0.1, 0.15) is 81.5 Å². The van der Waals surface area contributed by atoms with Crippen LogP contribution in [0.15, 0.2) is 109 Å². The van der Waals surface area contributed by atoms with Gasteiger partial charge in [0.1, 0.15) is 40.0 Å². The molecule has 1 atom stereocenters. The van der Waals surface area contributed by atoms with Crippen molar-refractivity contribution in [3.05, 3.63) is 172 Å². The molecule has 2 aliphatic rings. The van der Waals surface area contributed by atoms with Crippen LogP contribution >= 0.6 is 0 Å². The van der Waals surface area contributed by atoms with E-state index in [9.17, 15) is 46.7 Å². The normalized spacial score (nSPS) is 12.7. The Kier molecular flexibility index (Phi) is 15.0. The highest BCUT2D eigenvalue weighted by molar-refractivity contribution is 6.00. The lowest BCUT2D eigenvalue weighted by atomic mass is 10.1. The number of ether oxygens (including phenoxy) is 3. The summed E-state index contributed by atoms with van der Waals surface area (Å²) < 4.78 is 59.9. The van der Waals surface area contributed by atoms with E-state index < -0.39 is 47.5 Å². The Morgan fingerprint density at radius 1 is 0.636 bits per heavy atom. The van der Waals surface area contributed by atoms with Gasteiger partial charge >= 0.3 is 0 Å². The molecule has 6 heterocycles. The maximum Gasteiger partial charge on any atom is 0.270 e. The molecule has 77 heavy (non-hydrogen) atoms. The molecule has 23 nitrogen and oxygen atoms in total. The fourth-order valence-electron chi connectivity index (χ4n) is 7.72. The number of hydrogen-bond donors (Lipinski definition) is 7. The predicted octanol–water partition coefficient (Wildman–Crippen LogP) is 3.91. The molecule has 0 aliphatic carbocycles. The van der Waals surface area contributed by atoms with Crippen LogP contribution in [0.5, 0.6) is 17.2 Å². The first-order valence-electron chi connectivity index (χ1n) is 23.2.